The van der Waals surface area contributed by atoms with Crippen molar-refractivity contribution < 1.29 is 17.6 Å². The number of aromatic nitrogens is 1. The zero-order valence-electron chi connectivity index (χ0n) is 15.8. The van der Waals surface area contributed by atoms with Gasteiger partial charge in [0, 0.05) is 37.1 Å². The number of benzene rings is 1. The number of halogens is 1. The van der Waals surface area contributed by atoms with Crippen molar-refractivity contribution in [1.82, 2.24) is 14.2 Å². The number of thiazole rings is 1. The summed E-state index contributed by atoms with van der Waals surface area (Å²) < 4.78 is 40.0. The molecule has 1 aliphatic rings. The molecule has 4 rings (SSSR count). The van der Waals surface area contributed by atoms with Crippen molar-refractivity contribution in [3.05, 3.63) is 53.0 Å². The molecule has 0 aliphatic carbocycles. The molecule has 11 heteroatoms. The van der Waals surface area contributed by atoms with Crippen molar-refractivity contribution in [2.75, 3.05) is 38.0 Å². The zero-order valence-corrected chi connectivity index (χ0v) is 18.3. The maximum Gasteiger partial charge on any atom is 0.252 e. The maximum atomic E-state index is 13.0. The number of piperazine rings is 1. The molecule has 0 radical (unpaired) electrons. The van der Waals surface area contributed by atoms with E-state index in [4.69, 9.17) is 0 Å². The Labute approximate surface area is 181 Å². The van der Waals surface area contributed by atoms with Gasteiger partial charge in [-0.25, -0.2) is 17.8 Å². The minimum absolute atomic E-state index is 0.165. The van der Waals surface area contributed by atoms with Crippen molar-refractivity contribution in [1.29, 1.82) is 0 Å². The van der Waals surface area contributed by atoms with Gasteiger partial charge in [-0.1, -0.05) is 6.07 Å². The Kier molecular flexibility index (Phi) is 6.25. The number of thiophene rings is 1. The molecule has 1 aliphatic heterocycles. The average Bonchev–Trinajstić information content (AvgIpc) is 3.41. The number of amides is 1. The predicted molar refractivity (Wildman–Crippen MR) is 116 cm³/mol. The Hall–Kier alpha value is -2.18. The molecule has 30 heavy (non-hydrogen) atoms. The van der Waals surface area contributed by atoms with Crippen molar-refractivity contribution in [3.63, 3.8) is 0 Å². The fraction of sp³-hybridized carbons (Fsp3) is 0.263. The van der Waals surface area contributed by atoms with E-state index in [1.165, 1.54) is 39.1 Å². The van der Waals surface area contributed by atoms with Crippen LogP contribution in [0, 0.1) is 5.82 Å². The molecule has 0 unspecified atom stereocenters. The number of hydrogen-bond acceptors (Lipinski definition) is 7. The predicted octanol–water partition coefficient (Wildman–Crippen LogP) is 2.96. The molecule has 0 bridgehead atoms. The van der Waals surface area contributed by atoms with E-state index in [1.807, 2.05) is 4.90 Å². The first-order chi connectivity index (χ1) is 14.4. The Balaban J connectivity index is 1.29. The number of anilines is 1. The molecule has 0 atom stereocenters. The molecule has 1 saturated heterocycles. The van der Waals surface area contributed by atoms with Gasteiger partial charge in [0.15, 0.2) is 5.13 Å². The molecule has 158 valence electrons. The van der Waals surface area contributed by atoms with Gasteiger partial charge in [-0.05, 0) is 35.7 Å². The summed E-state index contributed by atoms with van der Waals surface area (Å²) in [5.74, 6) is -0.518. The first kappa shape index (κ1) is 21.1. The number of nitrogens with one attached hydrogen (secondary N) is 1. The van der Waals surface area contributed by atoms with Gasteiger partial charge in [0.25, 0.3) is 10.0 Å². The van der Waals surface area contributed by atoms with E-state index in [2.05, 4.69) is 10.3 Å². The molecule has 1 fully saturated rings. The monoisotopic (exact) mass is 466 g/mol. The molecular weight excluding hydrogens is 447 g/mol. The maximum absolute atomic E-state index is 13.0. The van der Waals surface area contributed by atoms with Crippen LogP contribution in [-0.4, -0.2) is 61.2 Å². The van der Waals surface area contributed by atoms with Crippen LogP contribution in [0.3, 0.4) is 0 Å². The van der Waals surface area contributed by atoms with Crippen molar-refractivity contribution in [2.45, 2.75) is 4.21 Å². The van der Waals surface area contributed by atoms with E-state index in [0.29, 0.717) is 41.2 Å². The number of nitrogens with zero attached hydrogens (tertiary/aromatic N) is 3. The van der Waals surface area contributed by atoms with E-state index >= 15 is 0 Å². The first-order valence-corrected chi connectivity index (χ1v) is 12.4. The molecule has 0 spiro atoms. The Bertz CT molecular complexity index is 1110. The highest BCUT2D eigenvalue weighted by molar-refractivity contribution is 7.91. The SMILES string of the molecule is O=C(CN1CCN(S(=O)(=O)c2cccs2)CC1)Nc1nc(-c2ccc(F)cc2)cs1. The van der Waals surface area contributed by atoms with Crippen LogP contribution in [0.1, 0.15) is 0 Å². The number of sulfonamides is 1. The van der Waals surface area contributed by atoms with Gasteiger partial charge in [-0.15, -0.1) is 22.7 Å². The van der Waals surface area contributed by atoms with Crippen LogP contribution in [0.15, 0.2) is 51.4 Å². The van der Waals surface area contributed by atoms with Gasteiger partial charge in [0.05, 0.1) is 12.2 Å². The molecule has 3 heterocycles. The van der Waals surface area contributed by atoms with E-state index in [1.54, 1.807) is 35.0 Å². The highest BCUT2D eigenvalue weighted by Crippen LogP contribution is 2.25. The highest BCUT2D eigenvalue weighted by atomic mass is 32.2. The minimum atomic E-state index is -3.45. The largest absolute Gasteiger partial charge is 0.301 e. The van der Waals surface area contributed by atoms with Crippen LogP contribution in [0.2, 0.25) is 0 Å². The summed E-state index contributed by atoms with van der Waals surface area (Å²) in [7, 11) is -3.45. The van der Waals surface area contributed by atoms with Crippen molar-refractivity contribution in [3.8, 4) is 11.3 Å². The van der Waals surface area contributed by atoms with Crippen LogP contribution >= 0.6 is 22.7 Å². The molecule has 1 aromatic carbocycles. The first-order valence-electron chi connectivity index (χ1n) is 9.19. The lowest BCUT2D eigenvalue weighted by Gasteiger charge is -2.33. The van der Waals surface area contributed by atoms with Crippen LogP contribution in [0.25, 0.3) is 11.3 Å². The summed E-state index contributed by atoms with van der Waals surface area (Å²) in [5, 5.41) is 6.79. The summed E-state index contributed by atoms with van der Waals surface area (Å²) in [6.07, 6.45) is 0. The summed E-state index contributed by atoms with van der Waals surface area (Å²) in [5.41, 5.74) is 1.44. The molecule has 1 N–H and O–H groups in total. The fourth-order valence-electron chi connectivity index (χ4n) is 3.11. The Morgan fingerprint density at radius 1 is 1.10 bits per heavy atom. The third-order valence-electron chi connectivity index (χ3n) is 4.68. The summed E-state index contributed by atoms with van der Waals surface area (Å²) in [6, 6.07) is 9.34. The quantitative estimate of drug-likeness (QED) is 0.604. The molecular formula is C19H19FN4O3S3. The molecule has 2 aromatic heterocycles. The van der Waals surface area contributed by atoms with Crippen molar-refractivity contribution in [2.24, 2.45) is 0 Å². The lowest BCUT2D eigenvalue weighted by atomic mass is 10.2. The van der Waals surface area contributed by atoms with Crippen LogP contribution in [0.4, 0.5) is 9.52 Å². The van der Waals surface area contributed by atoms with Gasteiger partial charge in [-0.2, -0.15) is 4.31 Å². The zero-order chi connectivity index (χ0) is 21.1. The summed E-state index contributed by atoms with van der Waals surface area (Å²) >= 11 is 2.50. The van der Waals surface area contributed by atoms with Gasteiger partial charge in [-0.3, -0.25) is 9.69 Å². The lowest BCUT2D eigenvalue weighted by molar-refractivity contribution is -0.117. The van der Waals surface area contributed by atoms with Gasteiger partial charge < -0.3 is 5.32 Å². The second-order valence-electron chi connectivity index (χ2n) is 6.71. The highest BCUT2D eigenvalue weighted by Gasteiger charge is 2.29. The lowest BCUT2D eigenvalue weighted by Crippen LogP contribution is -2.50. The Morgan fingerprint density at radius 3 is 2.50 bits per heavy atom. The summed E-state index contributed by atoms with van der Waals surface area (Å²) in [4.78, 5) is 18.7. The Morgan fingerprint density at radius 2 is 1.83 bits per heavy atom. The van der Waals surface area contributed by atoms with E-state index in [0.717, 1.165) is 5.56 Å². The minimum Gasteiger partial charge on any atom is -0.301 e. The van der Waals surface area contributed by atoms with Gasteiger partial charge >= 0.3 is 0 Å². The van der Waals surface area contributed by atoms with E-state index in [-0.39, 0.29) is 18.3 Å². The van der Waals surface area contributed by atoms with Crippen LogP contribution in [-0.2, 0) is 14.8 Å². The van der Waals surface area contributed by atoms with Gasteiger partial charge in [0.1, 0.15) is 10.0 Å². The third-order valence-corrected chi connectivity index (χ3v) is 8.71. The molecule has 7 nitrogen and oxygen atoms in total. The van der Waals surface area contributed by atoms with E-state index < -0.39 is 10.0 Å². The number of carbonyl (C=O) groups excluding carboxylic acids is 1. The molecule has 0 saturated carbocycles. The normalized spacial score (nSPS) is 15.9. The van der Waals surface area contributed by atoms with Gasteiger partial charge in [0.2, 0.25) is 5.91 Å². The topological polar surface area (TPSA) is 82.6 Å². The van der Waals surface area contributed by atoms with Crippen molar-refractivity contribution >= 4 is 43.7 Å². The number of rotatable bonds is 6. The standard InChI is InChI=1S/C19H19FN4O3S3/c20-15-5-3-14(4-6-15)16-13-29-19(21-16)22-17(25)12-23-7-9-24(10-8-23)30(26,27)18-2-1-11-28-18/h1-6,11,13H,7-10,12H2,(H,21,22,25). The van der Waals surface area contributed by atoms with Crippen LogP contribution < -0.4 is 5.32 Å². The second-order valence-corrected chi connectivity index (χ2v) is 10.7. The fourth-order valence-corrected chi connectivity index (χ4v) is 6.41. The third kappa shape index (κ3) is 4.76. The van der Waals surface area contributed by atoms with Crippen LogP contribution in [0.5, 0.6) is 0 Å². The smallest absolute Gasteiger partial charge is 0.252 e. The second kappa shape index (κ2) is 8.90. The molecule has 1 amide bonds. The molecule has 3 aromatic rings. The number of carbonyl (C=O) groups is 1. The number of hydrogen-bond donors (Lipinski definition) is 1. The van der Waals surface area contributed by atoms with E-state index in [9.17, 15) is 17.6 Å². The summed E-state index contributed by atoms with van der Waals surface area (Å²) in [6.45, 7) is 1.82. The average molecular weight is 467 g/mol.